The molecule has 1 aliphatic carbocycles. The number of hydrogen-bond donors (Lipinski definition) is 2. The van der Waals surface area contributed by atoms with Gasteiger partial charge >= 0.3 is 6.09 Å². The minimum Gasteiger partial charge on any atom is -0.444 e. The van der Waals surface area contributed by atoms with Crippen LogP contribution in [0.25, 0.3) is 0 Å². The summed E-state index contributed by atoms with van der Waals surface area (Å²) in [5.74, 6) is 1.27. The number of hydrogen-bond acceptors (Lipinski definition) is 3. The van der Waals surface area contributed by atoms with E-state index in [9.17, 15) is 4.79 Å². The zero-order valence-corrected chi connectivity index (χ0v) is 10.6. The number of alkyl carbamates (subject to hydrolysis) is 1. The van der Waals surface area contributed by atoms with Crippen LogP contribution in [0.15, 0.2) is 0 Å². The molecule has 1 amide bonds. The summed E-state index contributed by atoms with van der Waals surface area (Å²) in [6.07, 6.45) is 0.775. The Balaban J connectivity index is 1.93. The number of rotatable bonds is 1. The molecular formula is C12H22N2O2. The summed E-state index contributed by atoms with van der Waals surface area (Å²) in [7, 11) is 0. The molecule has 16 heavy (non-hydrogen) atoms. The van der Waals surface area contributed by atoms with Gasteiger partial charge < -0.3 is 15.4 Å². The SMILES string of the molecule is C[C@@H]1C[C@@]2(NC(=O)OC(C)(C)C)CNC[C@@H]12. The standard InChI is InChI=1S/C12H22N2O2/c1-8-5-12(7-13-6-9(8)12)14-10(15)16-11(2,3)4/h8-9,13H,5-7H2,1-4H3,(H,14,15)/t8-,9+,12-/m1/s1. The van der Waals surface area contributed by atoms with Gasteiger partial charge in [0, 0.05) is 13.1 Å². The number of carbonyl (C=O) groups is 1. The largest absolute Gasteiger partial charge is 0.444 e. The lowest BCUT2D eigenvalue weighted by Gasteiger charge is -2.49. The van der Waals surface area contributed by atoms with E-state index in [1.807, 2.05) is 20.8 Å². The first-order chi connectivity index (χ1) is 7.32. The summed E-state index contributed by atoms with van der Waals surface area (Å²) in [5, 5.41) is 6.41. The summed E-state index contributed by atoms with van der Waals surface area (Å²) in [6.45, 7) is 9.79. The van der Waals surface area contributed by atoms with E-state index in [2.05, 4.69) is 17.6 Å². The second kappa shape index (κ2) is 3.62. The van der Waals surface area contributed by atoms with Crippen LogP contribution in [-0.4, -0.2) is 30.3 Å². The first-order valence-corrected chi connectivity index (χ1v) is 6.04. The molecule has 4 heteroatoms. The zero-order valence-electron chi connectivity index (χ0n) is 10.6. The van der Waals surface area contributed by atoms with Gasteiger partial charge in [-0.1, -0.05) is 6.92 Å². The highest BCUT2D eigenvalue weighted by atomic mass is 16.6. The Morgan fingerprint density at radius 2 is 2.19 bits per heavy atom. The van der Waals surface area contributed by atoms with Gasteiger partial charge in [0.15, 0.2) is 0 Å². The maximum atomic E-state index is 11.7. The van der Waals surface area contributed by atoms with Crippen molar-refractivity contribution in [3.8, 4) is 0 Å². The van der Waals surface area contributed by atoms with E-state index >= 15 is 0 Å². The number of fused-ring (bicyclic) bond motifs is 1. The third-order valence-corrected chi connectivity index (χ3v) is 3.64. The van der Waals surface area contributed by atoms with Crippen LogP contribution in [0.4, 0.5) is 4.79 Å². The van der Waals surface area contributed by atoms with E-state index in [0.717, 1.165) is 19.5 Å². The van der Waals surface area contributed by atoms with Crippen molar-refractivity contribution in [1.82, 2.24) is 10.6 Å². The van der Waals surface area contributed by atoms with Gasteiger partial charge in [0.25, 0.3) is 0 Å². The van der Waals surface area contributed by atoms with Crippen molar-refractivity contribution < 1.29 is 9.53 Å². The first-order valence-electron chi connectivity index (χ1n) is 6.04. The maximum Gasteiger partial charge on any atom is 0.408 e. The molecule has 2 aliphatic rings. The van der Waals surface area contributed by atoms with Gasteiger partial charge in [-0.3, -0.25) is 0 Å². The van der Waals surface area contributed by atoms with Crippen LogP contribution in [0.2, 0.25) is 0 Å². The van der Waals surface area contributed by atoms with Crippen LogP contribution < -0.4 is 10.6 Å². The molecule has 0 bridgehead atoms. The Bertz CT molecular complexity index is 298. The number of nitrogens with one attached hydrogen (secondary N) is 2. The summed E-state index contributed by atoms with van der Waals surface area (Å²) >= 11 is 0. The molecule has 4 nitrogen and oxygen atoms in total. The first kappa shape index (κ1) is 11.7. The van der Waals surface area contributed by atoms with Crippen molar-refractivity contribution >= 4 is 6.09 Å². The molecule has 0 aromatic rings. The molecule has 1 saturated carbocycles. The van der Waals surface area contributed by atoms with Crippen molar-refractivity contribution in [2.75, 3.05) is 13.1 Å². The highest BCUT2D eigenvalue weighted by Crippen LogP contribution is 2.46. The second-order valence-corrected chi connectivity index (χ2v) is 6.20. The Morgan fingerprint density at radius 1 is 1.50 bits per heavy atom. The monoisotopic (exact) mass is 226 g/mol. The Kier molecular flexibility index (Phi) is 2.65. The van der Waals surface area contributed by atoms with Gasteiger partial charge in [0.05, 0.1) is 5.54 Å². The lowest BCUT2D eigenvalue weighted by Crippen LogP contribution is -2.64. The third kappa shape index (κ3) is 2.03. The fourth-order valence-corrected chi connectivity index (χ4v) is 3.00. The summed E-state index contributed by atoms with van der Waals surface area (Å²) in [4.78, 5) is 11.7. The van der Waals surface area contributed by atoms with Crippen LogP contribution >= 0.6 is 0 Å². The zero-order chi connectivity index (χ0) is 12.0. The molecule has 92 valence electrons. The van der Waals surface area contributed by atoms with Gasteiger partial charge in [0.2, 0.25) is 0 Å². The molecule has 1 aliphatic heterocycles. The topological polar surface area (TPSA) is 50.4 Å². The fraction of sp³-hybridized carbons (Fsp3) is 0.917. The van der Waals surface area contributed by atoms with Crippen LogP contribution in [0.3, 0.4) is 0 Å². The Hall–Kier alpha value is -0.770. The van der Waals surface area contributed by atoms with E-state index in [1.165, 1.54) is 0 Å². The predicted molar refractivity (Wildman–Crippen MR) is 62.2 cm³/mol. The highest BCUT2D eigenvalue weighted by Gasteiger charge is 2.55. The van der Waals surface area contributed by atoms with Crippen LogP contribution in [0.1, 0.15) is 34.1 Å². The average Bonchev–Trinajstić information content (AvgIpc) is 2.38. The smallest absolute Gasteiger partial charge is 0.408 e. The van der Waals surface area contributed by atoms with E-state index in [0.29, 0.717) is 11.8 Å². The second-order valence-electron chi connectivity index (χ2n) is 6.20. The van der Waals surface area contributed by atoms with Crippen molar-refractivity contribution in [3.05, 3.63) is 0 Å². The third-order valence-electron chi connectivity index (χ3n) is 3.64. The minimum absolute atomic E-state index is 0.0399. The number of ether oxygens (including phenoxy) is 1. The van der Waals surface area contributed by atoms with Gasteiger partial charge in [-0.15, -0.1) is 0 Å². The summed E-state index contributed by atoms with van der Waals surface area (Å²) in [6, 6.07) is 0. The van der Waals surface area contributed by atoms with Crippen molar-refractivity contribution in [1.29, 1.82) is 0 Å². The molecule has 1 heterocycles. The summed E-state index contributed by atoms with van der Waals surface area (Å²) in [5.41, 5.74) is -0.459. The lowest BCUT2D eigenvalue weighted by atomic mass is 9.62. The molecule has 0 radical (unpaired) electrons. The van der Waals surface area contributed by atoms with E-state index in [-0.39, 0.29) is 11.6 Å². The van der Waals surface area contributed by atoms with Crippen LogP contribution in [-0.2, 0) is 4.74 Å². The Morgan fingerprint density at radius 3 is 2.75 bits per heavy atom. The summed E-state index contributed by atoms with van der Waals surface area (Å²) < 4.78 is 5.30. The molecule has 2 rings (SSSR count). The van der Waals surface area contributed by atoms with E-state index in [4.69, 9.17) is 4.74 Å². The van der Waals surface area contributed by atoms with E-state index < -0.39 is 5.60 Å². The molecule has 0 spiro atoms. The maximum absolute atomic E-state index is 11.7. The molecule has 1 saturated heterocycles. The minimum atomic E-state index is -0.419. The van der Waals surface area contributed by atoms with Crippen LogP contribution in [0.5, 0.6) is 0 Å². The molecule has 3 atom stereocenters. The van der Waals surface area contributed by atoms with Crippen molar-refractivity contribution in [2.45, 2.75) is 45.3 Å². The molecule has 0 aromatic carbocycles. The average molecular weight is 226 g/mol. The van der Waals surface area contributed by atoms with Crippen LogP contribution in [0, 0.1) is 11.8 Å². The number of amides is 1. The van der Waals surface area contributed by atoms with Gasteiger partial charge in [-0.2, -0.15) is 0 Å². The quantitative estimate of drug-likeness (QED) is 0.712. The lowest BCUT2D eigenvalue weighted by molar-refractivity contribution is 0.0176. The van der Waals surface area contributed by atoms with Gasteiger partial charge in [0.1, 0.15) is 5.60 Å². The molecule has 2 N–H and O–H groups in total. The molecule has 2 fully saturated rings. The Labute approximate surface area is 97.1 Å². The molecule has 0 aromatic heterocycles. The number of carbonyl (C=O) groups excluding carboxylic acids is 1. The van der Waals surface area contributed by atoms with Gasteiger partial charge in [-0.05, 0) is 39.0 Å². The predicted octanol–water partition coefficient (Wildman–Crippen LogP) is 1.51. The highest BCUT2D eigenvalue weighted by molar-refractivity contribution is 5.69. The molecular weight excluding hydrogens is 204 g/mol. The van der Waals surface area contributed by atoms with Gasteiger partial charge in [-0.25, -0.2) is 4.79 Å². The van der Waals surface area contributed by atoms with E-state index in [1.54, 1.807) is 0 Å². The van der Waals surface area contributed by atoms with Crippen molar-refractivity contribution in [2.24, 2.45) is 11.8 Å². The molecule has 0 unspecified atom stereocenters. The fourth-order valence-electron chi connectivity index (χ4n) is 3.00. The normalized spacial score (nSPS) is 37.5. The van der Waals surface area contributed by atoms with Crippen molar-refractivity contribution in [3.63, 3.8) is 0 Å².